The van der Waals surface area contributed by atoms with Crippen molar-refractivity contribution in [1.82, 2.24) is 24.1 Å². The molecule has 30 heavy (non-hydrogen) atoms. The molecule has 5 rings (SSSR count). The van der Waals surface area contributed by atoms with Crippen LogP contribution < -0.4 is 10.9 Å². The maximum absolute atomic E-state index is 13.0. The predicted molar refractivity (Wildman–Crippen MR) is 115 cm³/mol. The Morgan fingerprint density at radius 2 is 1.90 bits per heavy atom. The summed E-state index contributed by atoms with van der Waals surface area (Å²) in [5.74, 6) is 1.58. The summed E-state index contributed by atoms with van der Waals surface area (Å²) in [6.45, 7) is 1.83. The number of hydrogen-bond acceptors (Lipinski definition) is 5. The third kappa shape index (κ3) is 3.47. The molecule has 0 spiro atoms. The average molecular weight is 425 g/mol. The maximum Gasteiger partial charge on any atom is 0.295 e. The molecule has 0 bridgehead atoms. The summed E-state index contributed by atoms with van der Waals surface area (Å²) in [7, 11) is 1.81. The fourth-order valence-corrected chi connectivity index (χ4v) is 4.51. The van der Waals surface area contributed by atoms with Gasteiger partial charge in [-0.05, 0) is 44.7 Å². The number of rotatable bonds is 7. The Hall–Kier alpha value is -2.81. The lowest BCUT2D eigenvalue weighted by Gasteiger charge is -2.08. The fourth-order valence-electron chi connectivity index (χ4n) is 3.70. The van der Waals surface area contributed by atoms with Crippen molar-refractivity contribution in [3.05, 3.63) is 52.2 Å². The largest absolute Gasteiger partial charge is 0.319 e. The van der Waals surface area contributed by atoms with Gasteiger partial charge in [0.05, 0.1) is 17.1 Å². The van der Waals surface area contributed by atoms with E-state index in [0.717, 1.165) is 29.5 Å². The number of anilines is 1. The van der Waals surface area contributed by atoms with Crippen molar-refractivity contribution in [3.63, 3.8) is 0 Å². The molecule has 1 amide bonds. The molecule has 0 unspecified atom stereocenters. The Balaban J connectivity index is 1.32. The first-order chi connectivity index (χ1) is 14.5. The molecule has 0 atom stereocenters. The molecule has 0 aliphatic heterocycles. The van der Waals surface area contributed by atoms with Crippen molar-refractivity contribution in [2.75, 3.05) is 11.1 Å². The lowest BCUT2D eigenvalue weighted by molar-refractivity contribution is -0.113. The quantitative estimate of drug-likeness (QED) is 0.589. The number of amides is 1. The Bertz CT molecular complexity index is 1150. The first kappa shape index (κ1) is 19.2. The van der Waals surface area contributed by atoms with Crippen LogP contribution in [-0.2, 0) is 11.8 Å². The summed E-state index contributed by atoms with van der Waals surface area (Å²) in [6, 6.07) is 9.87. The van der Waals surface area contributed by atoms with E-state index >= 15 is 0 Å². The number of carbonyl (C=O) groups is 1. The van der Waals surface area contributed by atoms with Crippen LogP contribution in [0.4, 0.5) is 5.69 Å². The molecular formula is C21H24N6O2S. The minimum atomic E-state index is -0.239. The van der Waals surface area contributed by atoms with Crippen molar-refractivity contribution < 1.29 is 4.79 Å². The summed E-state index contributed by atoms with van der Waals surface area (Å²) < 4.78 is 5.54. The van der Waals surface area contributed by atoms with Crippen LogP contribution in [0.25, 0.3) is 5.69 Å². The molecule has 2 aliphatic carbocycles. The Labute approximate surface area is 178 Å². The standard InChI is InChI=1S/C21H24N6O2S/c1-13-18(20(29)27(25(13)2)16-6-4-3-5-7-16)22-17(28)12-30-21-24-23-19(14-8-9-14)26(21)15-10-11-15/h3-7,14-15H,8-12H2,1-2H3,(H,22,28). The van der Waals surface area contributed by atoms with E-state index < -0.39 is 0 Å². The van der Waals surface area contributed by atoms with E-state index in [4.69, 9.17) is 0 Å². The predicted octanol–water partition coefficient (Wildman–Crippen LogP) is 3.02. The molecule has 2 fully saturated rings. The summed E-state index contributed by atoms with van der Waals surface area (Å²) in [5, 5.41) is 12.3. The molecule has 2 saturated carbocycles. The zero-order chi connectivity index (χ0) is 20.8. The molecular weight excluding hydrogens is 400 g/mol. The van der Waals surface area contributed by atoms with Crippen LogP contribution in [0.3, 0.4) is 0 Å². The number of carbonyl (C=O) groups excluding carboxylic acids is 1. The summed E-state index contributed by atoms with van der Waals surface area (Å²) >= 11 is 1.39. The lowest BCUT2D eigenvalue weighted by Crippen LogP contribution is -2.23. The van der Waals surface area contributed by atoms with E-state index in [0.29, 0.717) is 23.3 Å². The van der Waals surface area contributed by atoms with Crippen LogP contribution in [0.5, 0.6) is 0 Å². The Morgan fingerprint density at radius 1 is 1.17 bits per heavy atom. The van der Waals surface area contributed by atoms with Gasteiger partial charge < -0.3 is 9.88 Å². The Kier molecular flexibility index (Phi) is 4.77. The molecule has 2 heterocycles. The van der Waals surface area contributed by atoms with Crippen molar-refractivity contribution in [2.24, 2.45) is 7.05 Å². The molecule has 1 aromatic carbocycles. The van der Waals surface area contributed by atoms with Gasteiger partial charge in [0.1, 0.15) is 11.5 Å². The highest BCUT2D eigenvalue weighted by Gasteiger charge is 2.36. The van der Waals surface area contributed by atoms with Gasteiger partial charge in [-0.15, -0.1) is 10.2 Å². The zero-order valence-corrected chi connectivity index (χ0v) is 17.9. The topological polar surface area (TPSA) is 86.7 Å². The molecule has 156 valence electrons. The smallest absolute Gasteiger partial charge is 0.295 e. The van der Waals surface area contributed by atoms with Gasteiger partial charge in [0.2, 0.25) is 5.91 Å². The molecule has 2 aliphatic rings. The third-order valence-electron chi connectivity index (χ3n) is 5.70. The number of benzene rings is 1. The first-order valence-electron chi connectivity index (χ1n) is 10.3. The van der Waals surface area contributed by atoms with Crippen LogP contribution >= 0.6 is 11.8 Å². The van der Waals surface area contributed by atoms with Crippen LogP contribution in [0.1, 0.15) is 49.2 Å². The minimum absolute atomic E-state index is 0.189. The second-order valence-corrected chi connectivity index (χ2v) is 8.93. The van der Waals surface area contributed by atoms with Crippen molar-refractivity contribution in [2.45, 2.75) is 49.7 Å². The van der Waals surface area contributed by atoms with Crippen LogP contribution in [-0.4, -0.2) is 35.8 Å². The van der Waals surface area contributed by atoms with Gasteiger partial charge in [0, 0.05) is 19.0 Å². The number of para-hydroxylation sites is 1. The van der Waals surface area contributed by atoms with Gasteiger partial charge in [0.15, 0.2) is 5.16 Å². The minimum Gasteiger partial charge on any atom is -0.319 e. The highest BCUT2D eigenvalue weighted by molar-refractivity contribution is 7.99. The van der Waals surface area contributed by atoms with Gasteiger partial charge in [-0.2, -0.15) is 0 Å². The monoisotopic (exact) mass is 424 g/mol. The van der Waals surface area contributed by atoms with E-state index in [1.165, 1.54) is 24.6 Å². The van der Waals surface area contributed by atoms with Crippen molar-refractivity contribution in [3.8, 4) is 5.69 Å². The molecule has 8 nitrogen and oxygen atoms in total. The molecule has 0 radical (unpaired) electrons. The van der Waals surface area contributed by atoms with Gasteiger partial charge >= 0.3 is 0 Å². The molecule has 3 aromatic rings. The van der Waals surface area contributed by atoms with E-state index in [2.05, 4.69) is 20.1 Å². The summed E-state index contributed by atoms with van der Waals surface area (Å²) in [4.78, 5) is 25.6. The summed E-state index contributed by atoms with van der Waals surface area (Å²) in [6.07, 6.45) is 4.66. The van der Waals surface area contributed by atoms with Gasteiger partial charge in [0.25, 0.3) is 5.56 Å². The lowest BCUT2D eigenvalue weighted by atomic mass is 10.3. The number of nitrogens with one attached hydrogen (secondary N) is 1. The van der Waals surface area contributed by atoms with Gasteiger partial charge in [-0.1, -0.05) is 30.0 Å². The highest BCUT2D eigenvalue weighted by atomic mass is 32.2. The van der Waals surface area contributed by atoms with Gasteiger partial charge in [-0.3, -0.25) is 14.3 Å². The van der Waals surface area contributed by atoms with Crippen LogP contribution in [0.2, 0.25) is 0 Å². The molecule has 1 N–H and O–H groups in total. The second-order valence-electron chi connectivity index (χ2n) is 7.99. The highest BCUT2D eigenvalue weighted by Crippen LogP contribution is 2.45. The van der Waals surface area contributed by atoms with E-state index in [1.807, 2.05) is 44.3 Å². The number of nitrogens with zero attached hydrogens (tertiary/aromatic N) is 5. The third-order valence-corrected chi connectivity index (χ3v) is 6.64. The second kappa shape index (κ2) is 7.46. The zero-order valence-electron chi connectivity index (χ0n) is 17.0. The molecule has 0 saturated heterocycles. The average Bonchev–Trinajstić information content (AvgIpc) is 3.68. The maximum atomic E-state index is 13.0. The summed E-state index contributed by atoms with van der Waals surface area (Å²) in [5.41, 5.74) is 1.54. The van der Waals surface area contributed by atoms with Gasteiger partial charge in [-0.25, -0.2) is 4.68 Å². The fraction of sp³-hybridized carbons (Fsp3) is 0.429. The van der Waals surface area contributed by atoms with Crippen molar-refractivity contribution >= 4 is 23.4 Å². The number of thioether (sulfide) groups is 1. The first-order valence-corrected chi connectivity index (χ1v) is 11.2. The van der Waals surface area contributed by atoms with Crippen molar-refractivity contribution in [1.29, 1.82) is 0 Å². The van der Waals surface area contributed by atoms with E-state index in [9.17, 15) is 9.59 Å². The number of hydrogen-bond donors (Lipinski definition) is 1. The SMILES string of the molecule is Cc1c(NC(=O)CSc2nnc(C3CC3)n2C2CC2)c(=O)n(-c2ccccc2)n1C. The number of aromatic nitrogens is 5. The molecule has 2 aromatic heterocycles. The van der Waals surface area contributed by atoms with E-state index in [1.54, 1.807) is 9.36 Å². The Morgan fingerprint density at radius 3 is 2.57 bits per heavy atom. The van der Waals surface area contributed by atoms with Crippen LogP contribution in [0, 0.1) is 6.92 Å². The normalized spacial score (nSPS) is 16.1. The van der Waals surface area contributed by atoms with E-state index in [-0.39, 0.29) is 17.2 Å². The molecule has 9 heteroatoms. The van der Waals surface area contributed by atoms with Crippen LogP contribution in [0.15, 0.2) is 40.3 Å².